The second-order valence-electron chi connectivity index (χ2n) is 2.91. The number of rotatable bonds is 4. The standard InChI is InChI=1S/2C6H6O.2ClH.Hf/c2*7-6-4-2-1-3-5-6;;;/h2*1-5,7H;2*1H;/q;;;;+2/p-2. The molecule has 0 unspecified atom stereocenters. The van der Waals surface area contributed by atoms with Gasteiger partial charge in [-0.2, -0.15) is 0 Å². The first-order chi connectivity index (χ1) is 7.45. The van der Waals surface area contributed by atoms with Crippen LogP contribution in [-0.2, 0) is 23.8 Å². The third kappa shape index (κ3) is 6.10. The van der Waals surface area contributed by atoms with Crippen LogP contribution < -0.4 is 5.71 Å². The molecule has 90 valence electrons. The van der Waals surface area contributed by atoms with Gasteiger partial charge < -0.3 is 0 Å². The van der Waals surface area contributed by atoms with E-state index in [0.29, 0.717) is 0 Å². The molecule has 2 aromatic rings. The average molecular weight is 438 g/mol. The van der Waals surface area contributed by atoms with Crippen molar-refractivity contribution < 1.29 is 29.5 Å². The Morgan fingerprint density at radius 2 is 0.941 bits per heavy atom. The van der Waals surface area contributed by atoms with Gasteiger partial charge in [-0.3, -0.25) is 0 Å². The molecule has 0 heterocycles. The van der Waals surface area contributed by atoms with Crippen LogP contribution in [0.3, 0.4) is 0 Å². The summed E-state index contributed by atoms with van der Waals surface area (Å²) in [5.74, 6) is 1.80. The van der Waals surface area contributed by atoms with Crippen molar-refractivity contribution in [3.63, 3.8) is 0 Å². The Balaban J connectivity index is 0.00000128. The van der Waals surface area contributed by atoms with Crippen LogP contribution in [0.2, 0.25) is 0 Å². The van der Waals surface area contributed by atoms with Crippen molar-refractivity contribution in [1.29, 1.82) is 0 Å². The number of benzene rings is 2. The van der Waals surface area contributed by atoms with E-state index in [-0.39, 0.29) is 24.8 Å². The zero-order valence-electron chi connectivity index (χ0n) is 8.91. The molecule has 0 radical (unpaired) electrons. The van der Waals surface area contributed by atoms with E-state index in [1.54, 1.807) is 0 Å². The quantitative estimate of drug-likeness (QED) is 0.676. The number of para-hydroxylation sites is 2. The molecule has 2 rings (SSSR count). The molecule has 0 saturated heterocycles. The molecular formula is C12H12Cl2HfO2. The van der Waals surface area contributed by atoms with Crippen LogP contribution >= 0.6 is 24.8 Å². The van der Waals surface area contributed by atoms with Crippen LogP contribution in [0.15, 0.2) is 60.7 Å². The van der Waals surface area contributed by atoms with Gasteiger partial charge in [-0.05, 0) is 0 Å². The fourth-order valence-corrected chi connectivity index (χ4v) is 2.91. The fraction of sp³-hybridized carbons (Fsp3) is 0. The van der Waals surface area contributed by atoms with Gasteiger partial charge in [-0.15, -0.1) is 24.8 Å². The van der Waals surface area contributed by atoms with Crippen molar-refractivity contribution >= 4 is 24.8 Å². The molecule has 17 heavy (non-hydrogen) atoms. The zero-order chi connectivity index (χ0) is 10.3. The summed E-state index contributed by atoms with van der Waals surface area (Å²) in [5.41, 5.74) is 0. The topological polar surface area (TPSA) is 18.5 Å². The van der Waals surface area contributed by atoms with Crippen molar-refractivity contribution in [2.24, 2.45) is 0 Å². The van der Waals surface area contributed by atoms with Gasteiger partial charge in [0.25, 0.3) is 0 Å². The second kappa shape index (κ2) is 9.51. The van der Waals surface area contributed by atoms with Crippen molar-refractivity contribution in [2.45, 2.75) is 0 Å². The van der Waals surface area contributed by atoms with Crippen LogP contribution in [0.25, 0.3) is 0 Å². The van der Waals surface area contributed by atoms with Crippen molar-refractivity contribution in [1.82, 2.24) is 0 Å². The van der Waals surface area contributed by atoms with Crippen LogP contribution in [0.1, 0.15) is 0 Å². The Bertz CT molecular complexity index is 358. The third-order valence-electron chi connectivity index (χ3n) is 1.81. The van der Waals surface area contributed by atoms with E-state index in [2.05, 4.69) is 0 Å². The van der Waals surface area contributed by atoms with Crippen LogP contribution in [0.4, 0.5) is 0 Å². The molecule has 0 amide bonds. The number of halogens is 2. The second-order valence-corrected chi connectivity index (χ2v) is 4.98. The molecule has 0 fully saturated rings. The minimum absolute atomic E-state index is 0. The summed E-state index contributed by atoms with van der Waals surface area (Å²) >= 11 is -1.47. The van der Waals surface area contributed by atoms with E-state index in [9.17, 15) is 0 Å². The molecule has 0 saturated carbocycles. The Kier molecular flexibility index (Phi) is 9.23. The van der Waals surface area contributed by atoms with E-state index < -0.39 is 23.8 Å². The van der Waals surface area contributed by atoms with E-state index in [1.165, 1.54) is 0 Å². The molecule has 2 aromatic carbocycles. The number of hydrogen-bond donors (Lipinski definition) is 0. The van der Waals surface area contributed by atoms with Crippen LogP contribution in [0.5, 0.6) is 11.5 Å². The summed E-state index contributed by atoms with van der Waals surface area (Å²) in [4.78, 5) is 0. The van der Waals surface area contributed by atoms with Crippen molar-refractivity contribution in [2.75, 3.05) is 0 Å². The molecule has 5 heteroatoms. The molecule has 2 nitrogen and oxygen atoms in total. The van der Waals surface area contributed by atoms with Crippen LogP contribution in [0, 0.1) is 0 Å². The summed E-state index contributed by atoms with van der Waals surface area (Å²) in [6.45, 7) is 0. The summed E-state index contributed by atoms with van der Waals surface area (Å²) in [5, 5.41) is 0. The van der Waals surface area contributed by atoms with E-state index >= 15 is 0 Å². The van der Waals surface area contributed by atoms with Crippen molar-refractivity contribution in [3.05, 3.63) is 60.7 Å². The maximum absolute atomic E-state index is 5.58. The fourth-order valence-electron chi connectivity index (χ4n) is 1.09. The molecular weight excluding hydrogens is 426 g/mol. The first-order valence-electron chi connectivity index (χ1n) is 4.64. The molecule has 0 bridgehead atoms. The van der Waals surface area contributed by atoms with E-state index in [0.717, 1.165) is 11.5 Å². The summed E-state index contributed by atoms with van der Waals surface area (Å²) in [6.07, 6.45) is 0. The van der Waals surface area contributed by atoms with Gasteiger partial charge in [0.1, 0.15) is 0 Å². The normalized spacial score (nSPS) is 8.24. The van der Waals surface area contributed by atoms with Gasteiger partial charge in [0, 0.05) is 0 Å². The maximum atomic E-state index is 5.58. The Morgan fingerprint density at radius 1 is 0.588 bits per heavy atom. The Labute approximate surface area is 126 Å². The predicted molar refractivity (Wildman–Crippen MR) is 68.6 cm³/mol. The first-order valence-corrected chi connectivity index (χ1v) is 7.57. The summed E-state index contributed by atoms with van der Waals surface area (Å²) in [6, 6.07) is 19.6. The van der Waals surface area contributed by atoms with Gasteiger partial charge in [0.2, 0.25) is 0 Å². The average Bonchev–Trinajstić information content (AvgIpc) is 2.32. The third-order valence-corrected chi connectivity index (χ3v) is 4.10. The molecule has 0 aliphatic carbocycles. The van der Waals surface area contributed by atoms with Gasteiger partial charge >= 0.3 is 102 Å². The monoisotopic (exact) mass is 438 g/mol. The molecule has 0 aliphatic heterocycles. The molecule has 0 aliphatic rings. The Morgan fingerprint density at radius 3 is 1.29 bits per heavy atom. The Hall–Kier alpha value is -0.510. The zero-order valence-corrected chi connectivity index (χ0v) is 14.1. The molecule has 0 N–H and O–H groups in total. The van der Waals surface area contributed by atoms with Gasteiger partial charge in [-0.25, -0.2) is 0 Å². The SMILES string of the molecule is Cl.Cl.c1ccc([O][Hf][O]c2ccccc2)cc1. The molecule has 0 atom stereocenters. The minimum atomic E-state index is -1.47. The molecule has 0 spiro atoms. The van der Waals surface area contributed by atoms with Gasteiger partial charge in [-0.1, -0.05) is 0 Å². The predicted octanol–water partition coefficient (Wildman–Crippen LogP) is 3.90. The van der Waals surface area contributed by atoms with Gasteiger partial charge in [0.15, 0.2) is 0 Å². The van der Waals surface area contributed by atoms with E-state index in [1.807, 2.05) is 60.7 Å². The van der Waals surface area contributed by atoms with E-state index in [4.69, 9.17) is 5.71 Å². The first kappa shape index (κ1) is 16.5. The van der Waals surface area contributed by atoms with Crippen molar-refractivity contribution in [3.8, 4) is 11.5 Å². The summed E-state index contributed by atoms with van der Waals surface area (Å²) in [7, 11) is 0. The van der Waals surface area contributed by atoms with Gasteiger partial charge in [0.05, 0.1) is 0 Å². The number of hydrogen-bond acceptors (Lipinski definition) is 2. The van der Waals surface area contributed by atoms with Crippen LogP contribution in [-0.4, -0.2) is 0 Å². The summed E-state index contributed by atoms with van der Waals surface area (Å²) < 4.78 is 11.2. The molecule has 0 aromatic heterocycles.